The predicted molar refractivity (Wildman–Crippen MR) is 91.9 cm³/mol. The van der Waals surface area contributed by atoms with Crippen molar-refractivity contribution in [2.24, 2.45) is 0 Å². The molecule has 1 aromatic carbocycles. The van der Waals surface area contributed by atoms with Crippen molar-refractivity contribution in [2.45, 2.75) is 6.42 Å². The van der Waals surface area contributed by atoms with Gasteiger partial charge < -0.3 is 9.88 Å². The highest BCUT2D eigenvalue weighted by atomic mass is 32.1. The fourth-order valence-corrected chi connectivity index (χ4v) is 2.98. The monoisotopic (exact) mass is 321 g/mol. The summed E-state index contributed by atoms with van der Waals surface area (Å²) in [6, 6.07) is 9.81. The van der Waals surface area contributed by atoms with Gasteiger partial charge in [0.2, 0.25) is 0 Å². The molecule has 2 aromatic heterocycles. The van der Waals surface area contributed by atoms with E-state index in [0.717, 1.165) is 21.8 Å². The Morgan fingerprint density at radius 2 is 1.91 bits per heavy atom. The number of nitrogens with one attached hydrogen (secondary N) is 1. The number of Topliss-reactive ketones (excluding diaryl/α,β-unsaturated/α-hetero) is 1. The molecule has 3 heterocycles. The van der Waals surface area contributed by atoms with Crippen LogP contribution in [0.3, 0.4) is 0 Å². The summed E-state index contributed by atoms with van der Waals surface area (Å²) in [6.45, 7) is 0. The SMILES string of the molecule is O=C1N/C(=C/n2c3ccccc3c3ccncc32)C(=O)CC1=S. The van der Waals surface area contributed by atoms with Crippen molar-refractivity contribution >= 4 is 56.8 Å². The number of benzene rings is 1. The molecular formula is C17H11N3O2S. The van der Waals surface area contributed by atoms with E-state index in [1.807, 2.05) is 34.9 Å². The topological polar surface area (TPSA) is 64.0 Å². The van der Waals surface area contributed by atoms with Crippen molar-refractivity contribution in [3.05, 3.63) is 48.4 Å². The third-order valence-electron chi connectivity index (χ3n) is 3.89. The number of para-hydroxylation sites is 1. The van der Waals surface area contributed by atoms with Gasteiger partial charge in [-0.3, -0.25) is 14.6 Å². The van der Waals surface area contributed by atoms with Crippen LogP contribution in [0.5, 0.6) is 0 Å². The van der Waals surface area contributed by atoms with Gasteiger partial charge in [0.15, 0.2) is 5.78 Å². The molecule has 5 nitrogen and oxygen atoms in total. The van der Waals surface area contributed by atoms with E-state index in [-0.39, 0.29) is 28.7 Å². The first kappa shape index (κ1) is 13.8. The van der Waals surface area contributed by atoms with Crippen molar-refractivity contribution in [1.29, 1.82) is 0 Å². The highest BCUT2D eigenvalue weighted by molar-refractivity contribution is 7.82. The highest BCUT2D eigenvalue weighted by Gasteiger charge is 2.25. The molecule has 0 aliphatic carbocycles. The van der Waals surface area contributed by atoms with Crippen LogP contribution in [0.1, 0.15) is 6.42 Å². The maximum absolute atomic E-state index is 12.1. The number of piperidine rings is 1. The van der Waals surface area contributed by atoms with Crippen molar-refractivity contribution in [2.75, 3.05) is 0 Å². The van der Waals surface area contributed by atoms with Crippen LogP contribution in [0.15, 0.2) is 48.4 Å². The quantitative estimate of drug-likeness (QED) is 0.552. The smallest absolute Gasteiger partial charge is 0.263 e. The second-order valence-electron chi connectivity index (χ2n) is 5.30. The zero-order chi connectivity index (χ0) is 16.0. The number of carbonyl (C=O) groups is 2. The Labute approximate surface area is 136 Å². The van der Waals surface area contributed by atoms with Gasteiger partial charge in [0.1, 0.15) is 5.70 Å². The molecule has 1 amide bonds. The first-order valence-electron chi connectivity index (χ1n) is 7.07. The zero-order valence-electron chi connectivity index (χ0n) is 11.9. The summed E-state index contributed by atoms with van der Waals surface area (Å²) in [4.78, 5) is 28.2. The lowest BCUT2D eigenvalue weighted by molar-refractivity contribution is -0.120. The molecule has 1 aliphatic rings. The zero-order valence-corrected chi connectivity index (χ0v) is 12.8. The molecule has 0 spiro atoms. The first-order chi connectivity index (χ1) is 11.1. The third kappa shape index (κ3) is 2.15. The van der Waals surface area contributed by atoms with Crippen LogP contribution in [0.2, 0.25) is 0 Å². The molecule has 1 saturated heterocycles. The van der Waals surface area contributed by atoms with E-state index in [2.05, 4.69) is 10.3 Å². The summed E-state index contributed by atoms with van der Waals surface area (Å²) in [6.07, 6.45) is 5.10. The van der Waals surface area contributed by atoms with Gasteiger partial charge in [-0.05, 0) is 12.1 Å². The summed E-state index contributed by atoms with van der Waals surface area (Å²) >= 11 is 4.88. The molecule has 23 heavy (non-hydrogen) atoms. The van der Waals surface area contributed by atoms with E-state index in [0.29, 0.717) is 0 Å². The summed E-state index contributed by atoms with van der Waals surface area (Å²) < 4.78 is 1.87. The van der Waals surface area contributed by atoms with Crippen LogP contribution in [-0.4, -0.2) is 26.1 Å². The highest BCUT2D eigenvalue weighted by Crippen LogP contribution is 2.28. The molecule has 1 N–H and O–H groups in total. The van der Waals surface area contributed by atoms with Crippen molar-refractivity contribution in [3.63, 3.8) is 0 Å². The van der Waals surface area contributed by atoms with Gasteiger partial charge in [0, 0.05) is 23.2 Å². The Kier molecular flexibility index (Phi) is 3.06. The Morgan fingerprint density at radius 1 is 1.13 bits per heavy atom. The van der Waals surface area contributed by atoms with Crippen LogP contribution in [-0.2, 0) is 9.59 Å². The van der Waals surface area contributed by atoms with Crippen LogP contribution in [0, 0.1) is 0 Å². The molecule has 112 valence electrons. The Bertz CT molecular complexity index is 979. The third-order valence-corrected chi connectivity index (χ3v) is 4.22. The lowest BCUT2D eigenvalue weighted by atomic mass is 10.1. The molecule has 0 saturated carbocycles. The number of hydrogen-bond acceptors (Lipinski definition) is 4. The molecule has 4 rings (SSSR count). The molecule has 1 fully saturated rings. The first-order valence-corrected chi connectivity index (χ1v) is 7.48. The molecule has 6 heteroatoms. The Morgan fingerprint density at radius 3 is 2.78 bits per heavy atom. The van der Waals surface area contributed by atoms with Crippen molar-refractivity contribution < 1.29 is 9.59 Å². The molecule has 0 bridgehead atoms. The molecule has 0 radical (unpaired) electrons. The second kappa shape index (κ2) is 5.10. The van der Waals surface area contributed by atoms with E-state index in [9.17, 15) is 9.59 Å². The number of pyridine rings is 1. The van der Waals surface area contributed by atoms with Gasteiger partial charge in [-0.2, -0.15) is 0 Å². The standard InChI is InChI=1S/C17H11N3O2S/c21-15-7-16(23)17(22)19-12(15)9-20-13-4-2-1-3-10(13)11-5-6-18-8-14(11)20/h1-6,8-9H,7H2,(H,19,22)/b12-9+. The number of rotatable bonds is 1. The molecule has 3 aromatic rings. The van der Waals surface area contributed by atoms with E-state index >= 15 is 0 Å². The minimum absolute atomic E-state index is 0.0254. The van der Waals surface area contributed by atoms with Gasteiger partial charge in [-0.25, -0.2) is 0 Å². The predicted octanol–water partition coefficient (Wildman–Crippen LogP) is 2.45. The maximum Gasteiger partial charge on any atom is 0.263 e. The van der Waals surface area contributed by atoms with Crippen molar-refractivity contribution in [3.8, 4) is 0 Å². The Balaban J connectivity index is 1.97. The van der Waals surface area contributed by atoms with Crippen molar-refractivity contribution in [1.82, 2.24) is 14.9 Å². The van der Waals surface area contributed by atoms with Gasteiger partial charge in [0.05, 0.1) is 28.5 Å². The number of nitrogens with zero attached hydrogens (tertiary/aromatic N) is 2. The number of allylic oxidation sites excluding steroid dienone is 1. The summed E-state index contributed by atoms with van der Waals surface area (Å²) in [5, 5.41) is 4.68. The fraction of sp³-hybridized carbons (Fsp3) is 0.0588. The normalized spacial score (nSPS) is 17.2. The maximum atomic E-state index is 12.1. The lowest BCUT2D eigenvalue weighted by Crippen LogP contribution is -2.39. The number of amides is 1. The number of hydrogen-bond donors (Lipinski definition) is 1. The average Bonchev–Trinajstić information content (AvgIpc) is 2.87. The van der Waals surface area contributed by atoms with Crippen LogP contribution in [0.4, 0.5) is 0 Å². The van der Waals surface area contributed by atoms with Gasteiger partial charge >= 0.3 is 0 Å². The van der Waals surface area contributed by atoms with Crippen LogP contribution in [0.25, 0.3) is 28.0 Å². The summed E-state index contributed by atoms with van der Waals surface area (Å²) in [5.41, 5.74) is 2.06. The average molecular weight is 321 g/mol. The van der Waals surface area contributed by atoms with Crippen LogP contribution >= 0.6 is 12.2 Å². The number of thiocarbonyl (C=S) groups is 1. The largest absolute Gasteiger partial charge is 0.317 e. The summed E-state index contributed by atoms with van der Waals surface area (Å²) in [5.74, 6) is -0.575. The molecular weight excluding hydrogens is 310 g/mol. The fourth-order valence-electron chi connectivity index (χ4n) is 2.80. The van der Waals surface area contributed by atoms with Gasteiger partial charge in [-0.1, -0.05) is 30.4 Å². The minimum atomic E-state index is -0.384. The number of fused-ring (bicyclic) bond motifs is 3. The number of carbonyl (C=O) groups excluding carboxylic acids is 2. The minimum Gasteiger partial charge on any atom is -0.317 e. The molecule has 1 aliphatic heterocycles. The Hall–Kier alpha value is -2.86. The van der Waals surface area contributed by atoms with Crippen LogP contribution < -0.4 is 5.32 Å². The van der Waals surface area contributed by atoms with E-state index in [4.69, 9.17) is 12.2 Å². The molecule has 0 unspecified atom stereocenters. The second-order valence-corrected chi connectivity index (χ2v) is 5.79. The lowest BCUT2D eigenvalue weighted by Gasteiger charge is -2.15. The van der Waals surface area contributed by atoms with Gasteiger partial charge in [0.25, 0.3) is 5.91 Å². The number of ketones is 1. The van der Waals surface area contributed by atoms with E-state index in [1.165, 1.54) is 0 Å². The molecule has 0 atom stereocenters. The van der Waals surface area contributed by atoms with E-state index < -0.39 is 0 Å². The van der Waals surface area contributed by atoms with E-state index in [1.54, 1.807) is 18.6 Å². The number of aromatic nitrogens is 2. The summed E-state index contributed by atoms with van der Waals surface area (Å²) in [7, 11) is 0. The van der Waals surface area contributed by atoms with Gasteiger partial charge in [-0.15, -0.1) is 0 Å².